The van der Waals surface area contributed by atoms with Gasteiger partial charge in [-0.2, -0.15) is 0 Å². The Balaban J connectivity index is 1.97. The predicted octanol–water partition coefficient (Wildman–Crippen LogP) is 3.03. The van der Waals surface area contributed by atoms with Gasteiger partial charge in [0.05, 0.1) is 23.0 Å². The van der Waals surface area contributed by atoms with E-state index in [-0.39, 0.29) is 23.4 Å². The van der Waals surface area contributed by atoms with Crippen molar-refractivity contribution >= 4 is 27.4 Å². The van der Waals surface area contributed by atoms with E-state index in [1.165, 1.54) is 12.1 Å². The molecule has 0 atom stereocenters. The summed E-state index contributed by atoms with van der Waals surface area (Å²) in [6.07, 6.45) is 2.96. The molecule has 1 aliphatic carbocycles. The quantitative estimate of drug-likeness (QED) is 0.696. The summed E-state index contributed by atoms with van der Waals surface area (Å²) >= 11 is 0. The molecule has 0 aromatic heterocycles. The van der Waals surface area contributed by atoms with Crippen molar-refractivity contribution in [3.05, 3.63) is 24.0 Å². The predicted molar refractivity (Wildman–Crippen MR) is 91.1 cm³/mol. The molecule has 0 saturated heterocycles. The highest BCUT2D eigenvalue weighted by Crippen LogP contribution is 2.28. The number of sulfonamides is 1. The number of halogens is 1. The lowest BCUT2D eigenvalue weighted by molar-refractivity contribution is -0.142. The topological polar surface area (TPSA) is 95.5 Å². The van der Waals surface area contributed by atoms with E-state index in [0.717, 1.165) is 6.07 Å². The van der Waals surface area contributed by atoms with Crippen LogP contribution in [0.15, 0.2) is 18.2 Å². The average molecular weight is 358 g/mol. The van der Waals surface area contributed by atoms with Crippen LogP contribution in [-0.2, 0) is 14.8 Å². The Kier molecular flexibility index (Phi) is 6.04. The van der Waals surface area contributed by atoms with E-state index in [0.29, 0.717) is 37.8 Å². The fraction of sp³-hybridized carbons (Fsp3) is 0.562. The zero-order chi connectivity index (χ0) is 17.7. The lowest BCUT2D eigenvalue weighted by Gasteiger charge is -2.27. The minimum atomic E-state index is -3.45. The maximum atomic E-state index is 14.2. The van der Waals surface area contributed by atoms with E-state index in [1.807, 2.05) is 0 Å². The zero-order valence-corrected chi connectivity index (χ0v) is 14.4. The van der Waals surface area contributed by atoms with Crippen molar-refractivity contribution in [2.75, 3.05) is 15.8 Å². The Bertz CT molecular complexity index is 685. The molecule has 1 saturated carbocycles. The second kappa shape index (κ2) is 7.83. The highest BCUT2D eigenvalue weighted by atomic mass is 32.2. The molecule has 0 heterocycles. The fourth-order valence-electron chi connectivity index (χ4n) is 2.90. The first-order chi connectivity index (χ1) is 11.3. The smallest absolute Gasteiger partial charge is 0.306 e. The van der Waals surface area contributed by atoms with Crippen molar-refractivity contribution in [3.8, 4) is 0 Å². The first-order valence-electron chi connectivity index (χ1n) is 8.10. The van der Waals surface area contributed by atoms with E-state index >= 15 is 0 Å². The second-order valence-corrected chi connectivity index (χ2v) is 7.99. The van der Waals surface area contributed by atoms with Gasteiger partial charge in [-0.05, 0) is 44.2 Å². The van der Waals surface area contributed by atoms with Crippen LogP contribution in [0.3, 0.4) is 0 Å². The third-order valence-corrected chi connectivity index (χ3v) is 5.64. The minimum absolute atomic E-state index is 0.0125. The molecular formula is C16H23FN2O4S. The molecule has 2 rings (SSSR count). The monoisotopic (exact) mass is 358 g/mol. The Morgan fingerprint density at radius 3 is 2.50 bits per heavy atom. The normalized spacial score (nSPS) is 21.2. The van der Waals surface area contributed by atoms with Crippen molar-refractivity contribution in [1.82, 2.24) is 0 Å². The van der Waals surface area contributed by atoms with Crippen molar-refractivity contribution < 1.29 is 22.7 Å². The highest BCUT2D eigenvalue weighted by molar-refractivity contribution is 7.92. The van der Waals surface area contributed by atoms with Gasteiger partial charge in [-0.1, -0.05) is 6.92 Å². The van der Waals surface area contributed by atoms with Gasteiger partial charge in [0.2, 0.25) is 10.0 Å². The summed E-state index contributed by atoms with van der Waals surface area (Å²) in [5, 5.41) is 12.1. The molecule has 8 heteroatoms. The molecule has 3 N–H and O–H groups in total. The van der Waals surface area contributed by atoms with Gasteiger partial charge in [-0.15, -0.1) is 0 Å². The molecule has 0 aliphatic heterocycles. The van der Waals surface area contributed by atoms with Crippen molar-refractivity contribution in [2.24, 2.45) is 5.92 Å². The molecule has 0 radical (unpaired) electrons. The third kappa shape index (κ3) is 5.09. The summed E-state index contributed by atoms with van der Waals surface area (Å²) in [7, 11) is -3.45. The van der Waals surface area contributed by atoms with Crippen LogP contribution < -0.4 is 10.0 Å². The van der Waals surface area contributed by atoms with Crippen LogP contribution in [0, 0.1) is 11.7 Å². The highest BCUT2D eigenvalue weighted by Gasteiger charge is 2.26. The largest absolute Gasteiger partial charge is 0.481 e. The van der Waals surface area contributed by atoms with Crippen LogP contribution in [-0.4, -0.2) is 31.3 Å². The van der Waals surface area contributed by atoms with Crippen molar-refractivity contribution in [2.45, 2.75) is 45.1 Å². The van der Waals surface area contributed by atoms with Gasteiger partial charge in [0.25, 0.3) is 0 Å². The standard InChI is InChI=1S/C16H23FN2O4S/c1-2-9-24(22,23)19-13-7-8-15(14(17)10-13)18-12-5-3-11(4-6-12)16(20)21/h7-8,10-12,18-19H,2-6,9H2,1H3,(H,20,21). The summed E-state index contributed by atoms with van der Waals surface area (Å²) in [5.41, 5.74) is 0.494. The number of carboxylic acid groups (broad SMARTS) is 1. The number of carbonyl (C=O) groups is 1. The van der Waals surface area contributed by atoms with Gasteiger partial charge in [0.15, 0.2) is 0 Å². The Morgan fingerprint density at radius 1 is 1.29 bits per heavy atom. The van der Waals surface area contributed by atoms with E-state index in [4.69, 9.17) is 5.11 Å². The first kappa shape index (κ1) is 18.5. The van der Waals surface area contributed by atoms with Crippen molar-refractivity contribution in [3.63, 3.8) is 0 Å². The van der Waals surface area contributed by atoms with Gasteiger partial charge in [0, 0.05) is 12.1 Å². The SMILES string of the molecule is CCCS(=O)(=O)Nc1ccc(NC2CCC(C(=O)O)CC2)c(F)c1. The number of nitrogens with one attached hydrogen (secondary N) is 2. The van der Waals surface area contributed by atoms with Gasteiger partial charge in [-0.3, -0.25) is 9.52 Å². The molecule has 0 unspecified atom stereocenters. The zero-order valence-electron chi connectivity index (χ0n) is 13.6. The molecule has 1 aromatic rings. The van der Waals surface area contributed by atoms with Gasteiger partial charge in [0.1, 0.15) is 5.82 Å². The molecule has 6 nitrogen and oxygen atoms in total. The van der Waals surface area contributed by atoms with Crippen LogP contribution >= 0.6 is 0 Å². The molecule has 0 bridgehead atoms. The second-order valence-electron chi connectivity index (χ2n) is 6.15. The number of rotatable bonds is 7. The number of hydrogen-bond donors (Lipinski definition) is 3. The minimum Gasteiger partial charge on any atom is -0.481 e. The lowest BCUT2D eigenvalue weighted by Crippen LogP contribution is -2.29. The molecule has 0 amide bonds. The maximum Gasteiger partial charge on any atom is 0.306 e. The van der Waals surface area contributed by atoms with Crippen LogP contribution in [0.1, 0.15) is 39.0 Å². The van der Waals surface area contributed by atoms with Crippen LogP contribution in [0.25, 0.3) is 0 Å². The molecule has 1 aromatic carbocycles. The number of carboxylic acids is 1. The number of aliphatic carboxylic acids is 1. The number of hydrogen-bond acceptors (Lipinski definition) is 4. The van der Waals surface area contributed by atoms with Crippen LogP contribution in [0.4, 0.5) is 15.8 Å². The average Bonchev–Trinajstić information content (AvgIpc) is 2.50. The number of benzene rings is 1. The van der Waals surface area contributed by atoms with Gasteiger partial charge >= 0.3 is 5.97 Å². The van der Waals surface area contributed by atoms with E-state index in [1.54, 1.807) is 6.92 Å². The summed E-state index contributed by atoms with van der Waals surface area (Å²) in [5.74, 6) is -1.64. The summed E-state index contributed by atoms with van der Waals surface area (Å²) < 4.78 is 39.9. The van der Waals surface area contributed by atoms with Gasteiger partial charge in [-0.25, -0.2) is 12.8 Å². The van der Waals surface area contributed by atoms with Crippen molar-refractivity contribution in [1.29, 1.82) is 0 Å². The molecule has 0 spiro atoms. The molecule has 1 aliphatic rings. The van der Waals surface area contributed by atoms with Crippen LogP contribution in [0.2, 0.25) is 0 Å². The Hall–Kier alpha value is -1.83. The van der Waals surface area contributed by atoms with E-state index in [9.17, 15) is 17.6 Å². The van der Waals surface area contributed by atoms with Crippen LogP contribution in [0.5, 0.6) is 0 Å². The van der Waals surface area contributed by atoms with Gasteiger partial charge < -0.3 is 10.4 Å². The molecule has 1 fully saturated rings. The van der Waals surface area contributed by atoms with E-state index < -0.39 is 21.8 Å². The summed E-state index contributed by atoms with van der Waals surface area (Å²) in [6, 6.07) is 4.19. The molecule has 134 valence electrons. The lowest BCUT2D eigenvalue weighted by atomic mass is 9.86. The van der Waals surface area contributed by atoms with E-state index in [2.05, 4.69) is 10.0 Å². The molecular weight excluding hydrogens is 335 g/mol. The maximum absolute atomic E-state index is 14.2. The fourth-order valence-corrected chi connectivity index (χ4v) is 4.03. The Labute approximate surface area is 141 Å². The third-order valence-electron chi connectivity index (χ3n) is 4.15. The summed E-state index contributed by atoms with van der Waals surface area (Å²) in [4.78, 5) is 10.9. The summed E-state index contributed by atoms with van der Waals surface area (Å²) in [6.45, 7) is 1.76. The first-order valence-corrected chi connectivity index (χ1v) is 9.75. The number of anilines is 2. The Morgan fingerprint density at radius 2 is 1.96 bits per heavy atom. The molecule has 24 heavy (non-hydrogen) atoms.